The van der Waals surface area contributed by atoms with Gasteiger partial charge in [-0.15, -0.1) is 0 Å². The Balaban J connectivity index is 1.94. The molecule has 1 N–H and O–H groups in total. The molecule has 1 unspecified atom stereocenters. The number of rotatable bonds is 6. The lowest BCUT2D eigenvalue weighted by atomic mass is 9.89. The first-order chi connectivity index (χ1) is 6.16. The molecule has 0 aromatic rings. The Morgan fingerprint density at radius 3 is 2.69 bits per heavy atom. The molecule has 78 valence electrons. The SMILES string of the molecule is CSC(C)CCNCC1(C)COC1. The zero-order valence-electron chi connectivity index (χ0n) is 8.93. The lowest BCUT2D eigenvalue weighted by molar-refractivity contribution is -0.0989. The van der Waals surface area contributed by atoms with Crippen LogP contribution in [0.25, 0.3) is 0 Å². The summed E-state index contributed by atoms with van der Waals surface area (Å²) in [6.45, 7) is 8.66. The molecule has 1 rings (SSSR count). The topological polar surface area (TPSA) is 21.3 Å². The number of hydrogen-bond acceptors (Lipinski definition) is 3. The molecule has 0 spiro atoms. The van der Waals surface area contributed by atoms with Gasteiger partial charge in [0.1, 0.15) is 0 Å². The van der Waals surface area contributed by atoms with E-state index < -0.39 is 0 Å². The van der Waals surface area contributed by atoms with E-state index >= 15 is 0 Å². The van der Waals surface area contributed by atoms with Gasteiger partial charge in [0.2, 0.25) is 0 Å². The summed E-state index contributed by atoms with van der Waals surface area (Å²) in [5, 5.41) is 4.28. The summed E-state index contributed by atoms with van der Waals surface area (Å²) in [5.41, 5.74) is 0.419. The van der Waals surface area contributed by atoms with E-state index in [1.54, 1.807) is 0 Å². The first-order valence-corrected chi connectivity index (χ1v) is 6.26. The van der Waals surface area contributed by atoms with Crippen molar-refractivity contribution in [1.82, 2.24) is 5.32 Å². The van der Waals surface area contributed by atoms with Crippen LogP contribution in [0.5, 0.6) is 0 Å². The van der Waals surface area contributed by atoms with Crippen LogP contribution in [0.3, 0.4) is 0 Å². The van der Waals surface area contributed by atoms with Crippen LogP contribution in [0.2, 0.25) is 0 Å². The van der Waals surface area contributed by atoms with Crippen molar-refractivity contribution >= 4 is 11.8 Å². The molecule has 0 saturated carbocycles. The fraction of sp³-hybridized carbons (Fsp3) is 1.00. The maximum Gasteiger partial charge on any atom is 0.0554 e. The van der Waals surface area contributed by atoms with Gasteiger partial charge in [-0.1, -0.05) is 13.8 Å². The molecule has 0 aliphatic carbocycles. The monoisotopic (exact) mass is 203 g/mol. The van der Waals surface area contributed by atoms with Gasteiger partial charge in [0.25, 0.3) is 0 Å². The maximum absolute atomic E-state index is 5.19. The molecule has 1 saturated heterocycles. The van der Waals surface area contributed by atoms with Gasteiger partial charge in [0, 0.05) is 17.2 Å². The summed E-state index contributed by atoms with van der Waals surface area (Å²) < 4.78 is 5.19. The minimum Gasteiger partial charge on any atom is -0.380 e. The summed E-state index contributed by atoms with van der Waals surface area (Å²) in [6.07, 6.45) is 3.43. The molecule has 3 heteroatoms. The lowest BCUT2D eigenvalue weighted by Crippen LogP contribution is -2.47. The van der Waals surface area contributed by atoms with Gasteiger partial charge in [-0.25, -0.2) is 0 Å². The zero-order chi connectivity index (χ0) is 9.73. The van der Waals surface area contributed by atoms with Crippen LogP contribution in [-0.2, 0) is 4.74 Å². The van der Waals surface area contributed by atoms with E-state index in [1.165, 1.54) is 6.42 Å². The predicted molar refractivity (Wildman–Crippen MR) is 59.4 cm³/mol. The van der Waals surface area contributed by atoms with Gasteiger partial charge in [0.15, 0.2) is 0 Å². The third-order valence-corrected chi connectivity index (χ3v) is 3.62. The molecule has 0 radical (unpaired) electrons. The number of hydrogen-bond donors (Lipinski definition) is 1. The molecule has 0 aromatic carbocycles. The van der Waals surface area contributed by atoms with E-state index in [-0.39, 0.29) is 0 Å². The molecule has 1 aliphatic rings. The average Bonchev–Trinajstić information content (AvgIpc) is 2.09. The minimum absolute atomic E-state index is 0.419. The highest BCUT2D eigenvalue weighted by atomic mass is 32.2. The first-order valence-electron chi connectivity index (χ1n) is 4.97. The molecular formula is C10H21NOS. The molecule has 2 nitrogen and oxygen atoms in total. The van der Waals surface area contributed by atoms with Crippen LogP contribution in [-0.4, -0.2) is 37.8 Å². The van der Waals surface area contributed by atoms with Crippen LogP contribution in [0.4, 0.5) is 0 Å². The summed E-state index contributed by atoms with van der Waals surface area (Å²) in [6, 6.07) is 0. The van der Waals surface area contributed by atoms with Gasteiger partial charge in [-0.3, -0.25) is 0 Å². The molecule has 1 aliphatic heterocycles. The summed E-state index contributed by atoms with van der Waals surface area (Å²) >= 11 is 1.94. The van der Waals surface area contributed by atoms with E-state index in [2.05, 4.69) is 25.4 Å². The van der Waals surface area contributed by atoms with Gasteiger partial charge in [-0.05, 0) is 19.2 Å². The standard InChI is InChI=1S/C10H21NOS/c1-9(13-3)4-5-11-6-10(2)7-12-8-10/h9,11H,4-8H2,1-3H3. The van der Waals surface area contributed by atoms with E-state index in [1.807, 2.05) is 11.8 Å². The minimum atomic E-state index is 0.419. The summed E-state index contributed by atoms with van der Waals surface area (Å²) in [4.78, 5) is 0. The molecular weight excluding hydrogens is 182 g/mol. The van der Waals surface area contributed by atoms with Crippen molar-refractivity contribution in [2.75, 3.05) is 32.6 Å². The van der Waals surface area contributed by atoms with Crippen molar-refractivity contribution in [3.05, 3.63) is 0 Å². The Morgan fingerprint density at radius 1 is 1.54 bits per heavy atom. The van der Waals surface area contributed by atoms with Gasteiger partial charge in [0.05, 0.1) is 13.2 Å². The zero-order valence-corrected chi connectivity index (χ0v) is 9.75. The Morgan fingerprint density at radius 2 is 2.23 bits per heavy atom. The fourth-order valence-corrected chi connectivity index (χ4v) is 1.72. The van der Waals surface area contributed by atoms with Crippen molar-refractivity contribution in [2.24, 2.45) is 5.41 Å². The summed E-state index contributed by atoms with van der Waals surface area (Å²) in [7, 11) is 0. The van der Waals surface area contributed by atoms with Crippen LogP contribution >= 0.6 is 11.8 Å². The van der Waals surface area contributed by atoms with Crippen molar-refractivity contribution in [2.45, 2.75) is 25.5 Å². The van der Waals surface area contributed by atoms with Crippen LogP contribution in [0.15, 0.2) is 0 Å². The molecule has 1 fully saturated rings. The number of thioether (sulfide) groups is 1. The van der Waals surface area contributed by atoms with E-state index in [9.17, 15) is 0 Å². The number of ether oxygens (including phenoxy) is 1. The smallest absolute Gasteiger partial charge is 0.0554 e. The van der Waals surface area contributed by atoms with E-state index in [4.69, 9.17) is 4.74 Å². The second-order valence-electron chi connectivity index (χ2n) is 4.32. The highest BCUT2D eigenvalue weighted by Gasteiger charge is 2.32. The molecule has 0 bridgehead atoms. The second-order valence-corrected chi connectivity index (χ2v) is 5.59. The van der Waals surface area contributed by atoms with E-state index in [0.29, 0.717) is 5.41 Å². The third kappa shape index (κ3) is 3.88. The normalized spacial score (nSPS) is 22.4. The van der Waals surface area contributed by atoms with Crippen molar-refractivity contribution in [3.63, 3.8) is 0 Å². The van der Waals surface area contributed by atoms with Crippen LogP contribution < -0.4 is 5.32 Å². The Bertz CT molecular complexity index is 148. The predicted octanol–water partition coefficient (Wildman–Crippen LogP) is 1.75. The molecule has 1 atom stereocenters. The lowest BCUT2D eigenvalue weighted by Gasteiger charge is -2.38. The molecule has 0 aromatic heterocycles. The van der Waals surface area contributed by atoms with Crippen molar-refractivity contribution < 1.29 is 4.74 Å². The van der Waals surface area contributed by atoms with Gasteiger partial charge in [-0.2, -0.15) is 11.8 Å². The van der Waals surface area contributed by atoms with Crippen LogP contribution in [0.1, 0.15) is 20.3 Å². The first kappa shape index (κ1) is 11.3. The van der Waals surface area contributed by atoms with Crippen molar-refractivity contribution in [3.8, 4) is 0 Å². The quantitative estimate of drug-likeness (QED) is 0.665. The average molecular weight is 203 g/mol. The van der Waals surface area contributed by atoms with Crippen molar-refractivity contribution in [1.29, 1.82) is 0 Å². The highest BCUT2D eigenvalue weighted by Crippen LogP contribution is 2.25. The maximum atomic E-state index is 5.19. The summed E-state index contributed by atoms with van der Waals surface area (Å²) in [5.74, 6) is 0. The third-order valence-electron chi connectivity index (χ3n) is 2.58. The Kier molecular flexibility index (Phi) is 4.56. The van der Waals surface area contributed by atoms with E-state index in [0.717, 1.165) is 31.6 Å². The Labute approximate surface area is 85.8 Å². The molecule has 13 heavy (non-hydrogen) atoms. The van der Waals surface area contributed by atoms with Gasteiger partial charge < -0.3 is 10.1 Å². The number of nitrogens with one attached hydrogen (secondary N) is 1. The molecule has 0 amide bonds. The van der Waals surface area contributed by atoms with Gasteiger partial charge >= 0.3 is 0 Å². The highest BCUT2D eigenvalue weighted by molar-refractivity contribution is 7.99. The second kappa shape index (κ2) is 5.23. The fourth-order valence-electron chi connectivity index (χ4n) is 1.37. The largest absolute Gasteiger partial charge is 0.380 e. The van der Waals surface area contributed by atoms with Crippen LogP contribution in [0, 0.1) is 5.41 Å². The Hall–Kier alpha value is 0.270. The molecule has 1 heterocycles.